The highest BCUT2D eigenvalue weighted by Gasteiger charge is 2.34. The lowest BCUT2D eigenvalue weighted by Crippen LogP contribution is -2.51. The molecule has 0 radical (unpaired) electrons. The van der Waals surface area contributed by atoms with E-state index < -0.39 is 0 Å². The molecule has 3 aromatic rings. The standard InChI is InChI=1S/C27H30N4O3/c1-19-11-12-21(16-24(19)29-17-22-8-6-7-13-28-22)27(33)30-14-15-31(20(2)32)25(18-30)23-9-4-5-10-26(23)34-3/h4-13,16,25,29H,14-15,17-18H2,1-3H3/t25-/m0/s1. The van der Waals surface area contributed by atoms with Gasteiger partial charge >= 0.3 is 0 Å². The van der Waals surface area contributed by atoms with Crippen molar-refractivity contribution in [3.05, 3.63) is 89.2 Å². The second kappa shape index (κ2) is 10.4. The molecular formula is C27H30N4O3. The molecule has 7 nitrogen and oxygen atoms in total. The number of rotatable bonds is 6. The molecule has 0 aliphatic carbocycles. The van der Waals surface area contributed by atoms with Gasteiger partial charge < -0.3 is 19.9 Å². The average Bonchev–Trinajstić information content (AvgIpc) is 2.88. The van der Waals surface area contributed by atoms with E-state index in [2.05, 4.69) is 10.3 Å². The first-order valence-electron chi connectivity index (χ1n) is 11.4. The zero-order valence-corrected chi connectivity index (χ0v) is 19.8. The summed E-state index contributed by atoms with van der Waals surface area (Å²) in [4.78, 5) is 33.9. The van der Waals surface area contributed by atoms with Crippen LogP contribution in [0.3, 0.4) is 0 Å². The summed E-state index contributed by atoms with van der Waals surface area (Å²) in [5.41, 5.74) is 4.41. The summed E-state index contributed by atoms with van der Waals surface area (Å²) < 4.78 is 5.54. The van der Waals surface area contributed by atoms with E-state index in [9.17, 15) is 9.59 Å². The van der Waals surface area contributed by atoms with Crippen molar-refractivity contribution >= 4 is 17.5 Å². The Morgan fingerprint density at radius 1 is 1.09 bits per heavy atom. The van der Waals surface area contributed by atoms with Crippen LogP contribution in [0.4, 0.5) is 5.69 Å². The van der Waals surface area contributed by atoms with E-state index in [1.54, 1.807) is 20.2 Å². The Balaban J connectivity index is 1.55. The molecule has 2 aromatic carbocycles. The molecular weight excluding hydrogens is 428 g/mol. The quantitative estimate of drug-likeness (QED) is 0.603. The van der Waals surface area contributed by atoms with Gasteiger partial charge in [-0.2, -0.15) is 0 Å². The number of nitrogens with one attached hydrogen (secondary N) is 1. The number of amides is 2. The normalized spacial score (nSPS) is 15.7. The van der Waals surface area contributed by atoms with Crippen LogP contribution in [0.5, 0.6) is 5.75 Å². The van der Waals surface area contributed by atoms with Gasteiger partial charge in [0.15, 0.2) is 0 Å². The Hall–Kier alpha value is -3.87. The molecule has 1 saturated heterocycles. The largest absolute Gasteiger partial charge is 0.496 e. The van der Waals surface area contributed by atoms with Crippen LogP contribution in [0.15, 0.2) is 66.9 Å². The summed E-state index contributed by atoms with van der Waals surface area (Å²) in [6, 6.07) is 18.9. The molecule has 2 amide bonds. The molecule has 1 aliphatic rings. The zero-order chi connectivity index (χ0) is 24.1. The van der Waals surface area contributed by atoms with E-state index in [-0.39, 0.29) is 17.9 Å². The first-order valence-corrected chi connectivity index (χ1v) is 11.4. The van der Waals surface area contributed by atoms with E-state index in [1.807, 2.05) is 77.4 Å². The number of hydrogen-bond acceptors (Lipinski definition) is 5. The summed E-state index contributed by atoms with van der Waals surface area (Å²) in [5.74, 6) is 0.646. The fraction of sp³-hybridized carbons (Fsp3) is 0.296. The summed E-state index contributed by atoms with van der Waals surface area (Å²) in [7, 11) is 1.62. The summed E-state index contributed by atoms with van der Waals surface area (Å²) in [6.45, 7) is 5.52. The highest BCUT2D eigenvalue weighted by molar-refractivity contribution is 5.95. The molecule has 0 bridgehead atoms. The fourth-order valence-corrected chi connectivity index (χ4v) is 4.37. The van der Waals surface area contributed by atoms with E-state index in [4.69, 9.17) is 4.74 Å². The minimum absolute atomic E-state index is 0.0145. The van der Waals surface area contributed by atoms with Gasteiger partial charge in [-0.3, -0.25) is 14.6 Å². The van der Waals surface area contributed by atoms with Crippen molar-refractivity contribution in [2.75, 3.05) is 32.1 Å². The third-order valence-corrected chi connectivity index (χ3v) is 6.24. The predicted octanol–water partition coefficient (Wildman–Crippen LogP) is 4.06. The number of benzene rings is 2. The number of hydrogen-bond donors (Lipinski definition) is 1. The minimum Gasteiger partial charge on any atom is -0.496 e. The van der Waals surface area contributed by atoms with Crippen LogP contribution in [-0.4, -0.2) is 53.3 Å². The van der Waals surface area contributed by atoms with E-state index >= 15 is 0 Å². The van der Waals surface area contributed by atoms with Crippen LogP contribution in [0.1, 0.15) is 40.1 Å². The maximum absolute atomic E-state index is 13.5. The van der Waals surface area contributed by atoms with Crippen LogP contribution < -0.4 is 10.1 Å². The number of anilines is 1. The van der Waals surface area contributed by atoms with Gasteiger partial charge in [-0.05, 0) is 42.8 Å². The molecule has 1 fully saturated rings. The van der Waals surface area contributed by atoms with Gasteiger partial charge in [0.2, 0.25) is 5.91 Å². The number of ether oxygens (including phenoxy) is 1. The third kappa shape index (κ3) is 5.03. The number of aromatic nitrogens is 1. The Morgan fingerprint density at radius 2 is 1.88 bits per heavy atom. The third-order valence-electron chi connectivity index (χ3n) is 6.24. The Morgan fingerprint density at radius 3 is 2.62 bits per heavy atom. The highest BCUT2D eigenvalue weighted by atomic mass is 16.5. The summed E-state index contributed by atoms with van der Waals surface area (Å²) >= 11 is 0. The van der Waals surface area contributed by atoms with E-state index in [0.29, 0.717) is 37.5 Å². The van der Waals surface area contributed by atoms with Crippen molar-refractivity contribution in [1.82, 2.24) is 14.8 Å². The number of pyridine rings is 1. The lowest BCUT2D eigenvalue weighted by molar-refractivity contribution is -0.133. The summed E-state index contributed by atoms with van der Waals surface area (Å²) in [6.07, 6.45) is 1.77. The molecule has 1 N–H and O–H groups in total. The van der Waals surface area contributed by atoms with Crippen LogP contribution in [0, 0.1) is 6.92 Å². The molecule has 1 aliphatic heterocycles. The van der Waals surface area contributed by atoms with Gasteiger partial charge in [-0.1, -0.05) is 30.3 Å². The smallest absolute Gasteiger partial charge is 0.254 e. The second-order valence-corrected chi connectivity index (χ2v) is 8.43. The fourth-order valence-electron chi connectivity index (χ4n) is 4.37. The molecule has 2 heterocycles. The van der Waals surface area contributed by atoms with Gasteiger partial charge in [-0.25, -0.2) is 0 Å². The molecule has 176 valence electrons. The monoisotopic (exact) mass is 458 g/mol. The summed E-state index contributed by atoms with van der Waals surface area (Å²) in [5, 5.41) is 3.40. The van der Waals surface area contributed by atoms with Gasteiger partial charge in [0.25, 0.3) is 5.91 Å². The van der Waals surface area contributed by atoms with Crippen molar-refractivity contribution in [3.8, 4) is 5.75 Å². The van der Waals surface area contributed by atoms with Gasteiger partial charge in [0.05, 0.1) is 25.4 Å². The number of para-hydroxylation sites is 1. The second-order valence-electron chi connectivity index (χ2n) is 8.43. The molecule has 0 unspecified atom stereocenters. The SMILES string of the molecule is COc1ccccc1[C@@H]1CN(C(=O)c2ccc(C)c(NCc3ccccn3)c2)CCN1C(C)=O. The van der Waals surface area contributed by atoms with Gasteiger partial charge in [0, 0.05) is 49.6 Å². The first kappa shape index (κ1) is 23.3. The number of piperazine rings is 1. The number of aryl methyl sites for hydroxylation is 1. The zero-order valence-electron chi connectivity index (χ0n) is 19.8. The van der Waals surface area contributed by atoms with Crippen LogP contribution in [0.25, 0.3) is 0 Å². The lowest BCUT2D eigenvalue weighted by Gasteiger charge is -2.41. The number of methoxy groups -OCH3 is 1. The van der Waals surface area contributed by atoms with Gasteiger partial charge in [-0.15, -0.1) is 0 Å². The van der Waals surface area contributed by atoms with Crippen molar-refractivity contribution in [1.29, 1.82) is 0 Å². The predicted molar refractivity (Wildman–Crippen MR) is 132 cm³/mol. The number of carbonyl (C=O) groups excluding carboxylic acids is 2. The van der Waals surface area contributed by atoms with Crippen LogP contribution >= 0.6 is 0 Å². The molecule has 1 aromatic heterocycles. The Bertz CT molecular complexity index is 1170. The van der Waals surface area contributed by atoms with Crippen molar-refractivity contribution < 1.29 is 14.3 Å². The Labute approximate surface area is 200 Å². The van der Waals surface area contributed by atoms with Crippen molar-refractivity contribution in [3.63, 3.8) is 0 Å². The molecule has 0 saturated carbocycles. The van der Waals surface area contributed by atoms with Crippen molar-refractivity contribution in [2.24, 2.45) is 0 Å². The highest BCUT2D eigenvalue weighted by Crippen LogP contribution is 2.33. The first-order chi connectivity index (χ1) is 16.5. The molecule has 1 atom stereocenters. The minimum atomic E-state index is -0.265. The Kier molecular flexibility index (Phi) is 7.11. The molecule has 34 heavy (non-hydrogen) atoms. The topological polar surface area (TPSA) is 74.8 Å². The van der Waals surface area contributed by atoms with E-state index in [0.717, 1.165) is 22.5 Å². The maximum Gasteiger partial charge on any atom is 0.254 e. The molecule has 0 spiro atoms. The van der Waals surface area contributed by atoms with Crippen molar-refractivity contribution in [2.45, 2.75) is 26.4 Å². The number of carbonyl (C=O) groups is 2. The average molecular weight is 459 g/mol. The van der Waals surface area contributed by atoms with Crippen LogP contribution in [0.2, 0.25) is 0 Å². The molecule has 7 heteroatoms. The van der Waals surface area contributed by atoms with Gasteiger partial charge in [0.1, 0.15) is 5.75 Å². The van der Waals surface area contributed by atoms with Crippen LogP contribution in [-0.2, 0) is 11.3 Å². The lowest BCUT2D eigenvalue weighted by atomic mass is 10.00. The molecule has 4 rings (SSSR count). The number of nitrogens with zero attached hydrogens (tertiary/aromatic N) is 3. The maximum atomic E-state index is 13.5. The van der Waals surface area contributed by atoms with E-state index in [1.165, 1.54) is 0 Å².